The average Bonchev–Trinajstić information content (AvgIpc) is 2.53. The third-order valence-corrected chi connectivity index (χ3v) is 3.54. The second-order valence-corrected chi connectivity index (χ2v) is 5.32. The highest BCUT2D eigenvalue weighted by Crippen LogP contribution is 2.21. The van der Waals surface area contributed by atoms with E-state index in [1.54, 1.807) is 0 Å². The van der Waals surface area contributed by atoms with Crippen LogP contribution in [0.4, 0.5) is 0 Å². The Labute approximate surface area is 124 Å². The van der Waals surface area contributed by atoms with Crippen LogP contribution in [0.5, 0.6) is 0 Å². The monoisotopic (exact) mass is 278 g/mol. The van der Waals surface area contributed by atoms with Gasteiger partial charge in [0.15, 0.2) is 0 Å². The maximum Gasteiger partial charge on any atom is 0.213 e. The summed E-state index contributed by atoms with van der Waals surface area (Å²) in [7, 11) is 0. The Morgan fingerprint density at radius 1 is 1.00 bits per heavy atom. The third kappa shape index (κ3) is 2.89. The Morgan fingerprint density at radius 3 is 2.57 bits per heavy atom. The van der Waals surface area contributed by atoms with Gasteiger partial charge in [-0.3, -0.25) is 0 Å². The Bertz CT molecular complexity index is 816. The molecular formula is C19H20NO+. The van der Waals surface area contributed by atoms with Crippen molar-refractivity contribution < 1.29 is 9.41 Å². The number of hydrogen-bond donors (Lipinski definition) is 1. The first kappa shape index (κ1) is 13.6. The smallest absolute Gasteiger partial charge is 0.213 e. The summed E-state index contributed by atoms with van der Waals surface area (Å²) in [5.74, 6) is 0.894. The lowest BCUT2D eigenvalue weighted by atomic mass is 10.1. The molecule has 1 N–H and O–H groups in total. The molecule has 2 aromatic carbocycles. The second-order valence-electron chi connectivity index (χ2n) is 5.32. The van der Waals surface area contributed by atoms with E-state index in [0.29, 0.717) is 0 Å². The van der Waals surface area contributed by atoms with Crippen molar-refractivity contribution in [1.29, 1.82) is 0 Å². The highest BCUT2D eigenvalue weighted by Gasteiger charge is 2.08. The van der Waals surface area contributed by atoms with Gasteiger partial charge in [0.25, 0.3) is 0 Å². The van der Waals surface area contributed by atoms with Gasteiger partial charge in [-0.1, -0.05) is 48.9 Å². The minimum atomic E-state index is 0.894. The van der Waals surface area contributed by atoms with E-state index in [1.807, 2.05) is 24.3 Å². The van der Waals surface area contributed by atoms with Gasteiger partial charge >= 0.3 is 0 Å². The summed E-state index contributed by atoms with van der Waals surface area (Å²) in [5, 5.41) is 2.28. The van der Waals surface area contributed by atoms with Crippen LogP contribution < -0.4 is 10.3 Å². The number of hydrogen-bond acceptors (Lipinski definition) is 1. The maximum atomic E-state index is 6.08. The largest absolute Gasteiger partial charge is 0.456 e. The molecule has 0 amide bonds. The predicted molar refractivity (Wildman–Crippen MR) is 85.6 cm³/mol. The molecule has 0 radical (unpaired) electrons. The number of rotatable bonds is 3. The number of nitrogens with one attached hydrogen (secondary N) is 1. The van der Waals surface area contributed by atoms with Gasteiger partial charge in [0, 0.05) is 12.0 Å². The van der Waals surface area contributed by atoms with E-state index in [9.17, 15) is 0 Å². The molecule has 0 unspecified atom stereocenters. The Balaban J connectivity index is 2.27. The van der Waals surface area contributed by atoms with E-state index in [2.05, 4.69) is 49.2 Å². The molecule has 2 nitrogen and oxygen atoms in total. The molecule has 106 valence electrons. The summed E-state index contributed by atoms with van der Waals surface area (Å²) in [6.45, 7) is 5.24. The van der Waals surface area contributed by atoms with Crippen LogP contribution in [0.1, 0.15) is 18.9 Å². The lowest BCUT2D eigenvalue weighted by Crippen LogP contribution is -2.76. The first-order valence-corrected chi connectivity index (χ1v) is 7.44. The third-order valence-electron chi connectivity index (χ3n) is 3.54. The summed E-state index contributed by atoms with van der Waals surface area (Å²) in [6.07, 6.45) is 1.10. The van der Waals surface area contributed by atoms with E-state index in [4.69, 9.17) is 4.42 Å². The average molecular weight is 278 g/mol. The quantitative estimate of drug-likeness (QED) is 0.783. The molecule has 0 atom stereocenters. The molecular weight excluding hydrogens is 258 g/mol. The number of fused-ring (bicyclic) bond motifs is 1. The van der Waals surface area contributed by atoms with Crippen LogP contribution in [-0.2, 0) is 0 Å². The van der Waals surface area contributed by atoms with Crippen molar-refractivity contribution in [2.24, 2.45) is 0 Å². The van der Waals surface area contributed by atoms with E-state index in [0.717, 1.165) is 40.6 Å². The van der Waals surface area contributed by atoms with E-state index in [-0.39, 0.29) is 0 Å². The minimum Gasteiger partial charge on any atom is -0.456 e. The first-order valence-electron chi connectivity index (χ1n) is 7.44. The lowest BCUT2D eigenvalue weighted by molar-refractivity contribution is -0.499. The van der Waals surface area contributed by atoms with Crippen LogP contribution in [0, 0.1) is 6.92 Å². The van der Waals surface area contributed by atoms with Crippen LogP contribution in [0.15, 0.2) is 59.0 Å². The standard InChI is InChI=1S/C19H19NO/c1-3-11-20-17-13-19(15-7-5-4-6-8-15)21-18-10-9-14(2)12-16(17)18/h4-10,12-13H,3,11H2,1-2H3/p+1. The molecule has 0 spiro atoms. The van der Waals surface area contributed by atoms with Gasteiger partial charge in [-0.05, 0) is 19.1 Å². The fourth-order valence-electron chi connectivity index (χ4n) is 2.45. The van der Waals surface area contributed by atoms with Crippen LogP contribution in [0.3, 0.4) is 0 Å². The molecule has 2 heteroatoms. The number of aryl methyl sites for hydroxylation is 1. The summed E-state index contributed by atoms with van der Waals surface area (Å²) in [5.41, 5.74) is 3.25. The molecule has 3 aromatic rings. The summed E-state index contributed by atoms with van der Waals surface area (Å²) in [4.78, 5) is 3.51. The van der Waals surface area contributed by atoms with Gasteiger partial charge < -0.3 is 4.42 Å². The number of benzene rings is 2. The summed E-state index contributed by atoms with van der Waals surface area (Å²) < 4.78 is 6.08. The topological polar surface area (TPSA) is 27.1 Å². The van der Waals surface area contributed by atoms with Crippen molar-refractivity contribution in [2.75, 3.05) is 6.54 Å². The molecule has 1 aromatic heterocycles. The van der Waals surface area contributed by atoms with Crippen LogP contribution in [0.2, 0.25) is 0 Å². The molecule has 1 heterocycles. The van der Waals surface area contributed by atoms with E-state index in [1.165, 1.54) is 5.56 Å². The molecule has 0 aliphatic heterocycles. The Morgan fingerprint density at radius 2 is 1.81 bits per heavy atom. The summed E-state index contributed by atoms with van der Waals surface area (Å²) >= 11 is 0. The molecule has 3 rings (SSSR count). The molecule has 21 heavy (non-hydrogen) atoms. The van der Waals surface area contributed by atoms with Crippen molar-refractivity contribution in [2.45, 2.75) is 20.3 Å². The van der Waals surface area contributed by atoms with Crippen LogP contribution in [0.25, 0.3) is 22.3 Å². The second kappa shape index (κ2) is 5.96. The van der Waals surface area contributed by atoms with Gasteiger partial charge in [-0.25, -0.2) is 4.99 Å². The van der Waals surface area contributed by atoms with Crippen LogP contribution in [-0.4, -0.2) is 6.54 Å². The maximum absolute atomic E-state index is 6.08. The van der Waals surface area contributed by atoms with E-state index < -0.39 is 0 Å². The molecule has 0 fully saturated rings. The van der Waals surface area contributed by atoms with Crippen molar-refractivity contribution >= 4 is 11.0 Å². The normalized spacial score (nSPS) is 12.0. The van der Waals surface area contributed by atoms with Crippen molar-refractivity contribution in [3.63, 3.8) is 0 Å². The van der Waals surface area contributed by atoms with Crippen LogP contribution >= 0.6 is 0 Å². The Hall–Kier alpha value is -2.35. The van der Waals surface area contributed by atoms with E-state index >= 15 is 0 Å². The molecule has 0 bridgehead atoms. The first-order chi connectivity index (χ1) is 10.3. The lowest BCUT2D eigenvalue weighted by Gasteiger charge is -2.03. The Kier molecular flexibility index (Phi) is 3.87. The van der Waals surface area contributed by atoms with Crippen molar-refractivity contribution in [3.05, 3.63) is 65.5 Å². The minimum absolute atomic E-state index is 0.894. The van der Waals surface area contributed by atoms with Crippen molar-refractivity contribution in [1.82, 2.24) is 0 Å². The zero-order valence-corrected chi connectivity index (χ0v) is 12.5. The highest BCUT2D eigenvalue weighted by molar-refractivity contribution is 5.78. The molecule has 0 aliphatic carbocycles. The summed E-state index contributed by atoms with van der Waals surface area (Å²) in [6, 6.07) is 18.6. The molecule has 0 saturated carbocycles. The zero-order valence-electron chi connectivity index (χ0n) is 12.5. The van der Waals surface area contributed by atoms with Gasteiger partial charge in [-0.15, -0.1) is 0 Å². The highest BCUT2D eigenvalue weighted by atomic mass is 16.3. The zero-order chi connectivity index (χ0) is 14.7. The molecule has 0 aliphatic rings. The van der Waals surface area contributed by atoms with Crippen molar-refractivity contribution in [3.8, 4) is 11.3 Å². The fourth-order valence-corrected chi connectivity index (χ4v) is 2.45. The SMILES string of the molecule is CCC[NH+]=c1cc(-c2ccccc2)oc2ccc(C)cc12. The van der Waals surface area contributed by atoms with Gasteiger partial charge in [0.05, 0.1) is 11.5 Å². The fraction of sp³-hybridized carbons (Fsp3) is 0.211. The predicted octanol–water partition coefficient (Wildman–Crippen LogP) is 2.80. The van der Waals surface area contributed by atoms with Gasteiger partial charge in [0.1, 0.15) is 17.9 Å². The van der Waals surface area contributed by atoms with Gasteiger partial charge in [0.2, 0.25) is 5.36 Å². The van der Waals surface area contributed by atoms with Gasteiger partial charge in [-0.2, -0.15) is 0 Å². The molecule has 0 saturated heterocycles.